The molecule has 0 bridgehead atoms. The van der Waals surface area contributed by atoms with E-state index < -0.39 is 0 Å². The van der Waals surface area contributed by atoms with E-state index in [1.807, 2.05) is 6.07 Å². The molecule has 4 heteroatoms. The van der Waals surface area contributed by atoms with Crippen molar-refractivity contribution in [2.75, 3.05) is 26.7 Å². The minimum Gasteiger partial charge on any atom is -0.317 e. The molecule has 1 rings (SSSR count). The summed E-state index contributed by atoms with van der Waals surface area (Å²) in [5.74, 6) is 0. The van der Waals surface area contributed by atoms with Crippen molar-refractivity contribution in [3.05, 3.63) is 21.3 Å². The summed E-state index contributed by atoms with van der Waals surface area (Å²) in [6.45, 7) is 6.66. The highest BCUT2D eigenvalue weighted by Crippen LogP contribution is 2.22. The van der Waals surface area contributed by atoms with Crippen LogP contribution in [0.1, 0.15) is 31.1 Å². The Labute approximate surface area is 114 Å². The third kappa shape index (κ3) is 7.04. The minimum atomic E-state index is 0.886. The maximum Gasteiger partial charge on any atom is 0.0931 e. The van der Waals surface area contributed by atoms with Gasteiger partial charge in [0.15, 0.2) is 0 Å². The summed E-state index contributed by atoms with van der Waals surface area (Å²) in [6.07, 6.45) is 3.74. The predicted molar refractivity (Wildman–Crippen MR) is 78.1 cm³/mol. The van der Waals surface area contributed by atoms with Gasteiger partial charge in [-0.1, -0.05) is 18.5 Å². The molecular weight excluding hydrogens is 252 g/mol. The Balaban J connectivity index is 2.03. The molecule has 0 unspecified atom stereocenters. The molecule has 1 heterocycles. The molecular formula is C13H23ClN2S. The lowest BCUT2D eigenvalue weighted by Gasteiger charge is -2.15. The number of hydrogen-bond donors (Lipinski definition) is 1. The van der Waals surface area contributed by atoms with Gasteiger partial charge < -0.3 is 10.2 Å². The van der Waals surface area contributed by atoms with Crippen LogP contribution in [0.5, 0.6) is 0 Å². The summed E-state index contributed by atoms with van der Waals surface area (Å²) in [5, 5.41) is 3.43. The van der Waals surface area contributed by atoms with E-state index in [2.05, 4.69) is 30.3 Å². The summed E-state index contributed by atoms with van der Waals surface area (Å²) >= 11 is 7.59. The number of nitrogens with zero attached hydrogens (tertiary/aromatic N) is 1. The molecule has 0 saturated heterocycles. The number of hydrogen-bond acceptors (Lipinski definition) is 3. The maximum atomic E-state index is 5.91. The molecule has 17 heavy (non-hydrogen) atoms. The second-order valence-corrected chi connectivity index (χ2v) is 6.20. The Morgan fingerprint density at radius 1 is 1.29 bits per heavy atom. The number of thiophene rings is 1. The fourth-order valence-electron chi connectivity index (χ4n) is 1.72. The van der Waals surface area contributed by atoms with Crippen molar-refractivity contribution in [1.82, 2.24) is 10.2 Å². The molecule has 0 aliphatic heterocycles. The SMILES string of the molecule is CCCNCCCCN(C)Cc1ccc(Cl)s1. The Morgan fingerprint density at radius 3 is 2.76 bits per heavy atom. The van der Waals surface area contributed by atoms with E-state index in [4.69, 9.17) is 11.6 Å². The zero-order chi connectivity index (χ0) is 12.5. The molecule has 0 fully saturated rings. The van der Waals surface area contributed by atoms with Crippen LogP contribution in [-0.2, 0) is 6.54 Å². The van der Waals surface area contributed by atoms with Crippen LogP contribution >= 0.6 is 22.9 Å². The van der Waals surface area contributed by atoms with Gasteiger partial charge in [0.05, 0.1) is 4.34 Å². The molecule has 2 nitrogen and oxygen atoms in total. The van der Waals surface area contributed by atoms with Crippen molar-refractivity contribution in [2.45, 2.75) is 32.7 Å². The highest BCUT2D eigenvalue weighted by Gasteiger charge is 2.02. The fraction of sp³-hybridized carbons (Fsp3) is 0.692. The van der Waals surface area contributed by atoms with E-state index in [0.29, 0.717) is 0 Å². The Hall–Kier alpha value is -0.0900. The van der Waals surface area contributed by atoms with E-state index in [1.165, 1.54) is 24.1 Å². The monoisotopic (exact) mass is 274 g/mol. The van der Waals surface area contributed by atoms with Gasteiger partial charge in [-0.2, -0.15) is 0 Å². The van der Waals surface area contributed by atoms with Gasteiger partial charge in [-0.05, 0) is 58.1 Å². The van der Waals surface area contributed by atoms with Gasteiger partial charge >= 0.3 is 0 Å². The van der Waals surface area contributed by atoms with Crippen LogP contribution in [0.15, 0.2) is 12.1 Å². The van der Waals surface area contributed by atoms with Gasteiger partial charge in [-0.3, -0.25) is 0 Å². The molecule has 0 aliphatic rings. The van der Waals surface area contributed by atoms with E-state index in [1.54, 1.807) is 11.3 Å². The largest absolute Gasteiger partial charge is 0.317 e. The van der Waals surface area contributed by atoms with Crippen molar-refractivity contribution in [3.8, 4) is 0 Å². The Kier molecular flexibility index (Phi) is 7.86. The summed E-state index contributed by atoms with van der Waals surface area (Å²) in [7, 11) is 2.17. The van der Waals surface area contributed by atoms with Gasteiger partial charge in [0.2, 0.25) is 0 Å². The average molecular weight is 275 g/mol. The fourth-order valence-corrected chi connectivity index (χ4v) is 2.88. The molecule has 1 N–H and O–H groups in total. The van der Waals surface area contributed by atoms with Gasteiger partial charge in [-0.15, -0.1) is 11.3 Å². The summed E-state index contributed by atoms with van der Waals surface area (Å²) in [6, 6.07) is 4.09. The number of nitrogens with one attached hydrogen (secondary N) is 1. The molecule has 0 amide bonds. The third-order valence-corrected chi connectivity index (χ3v) is 3.84. The zero-order valence-corrected chi connectivity index (χ0v) is 12.4. The maximum absolute atomic E-state index is 5.91. The third-order valence-electron chi connectivity index (χ3n) is 2.62. The van der Waals surface area contributed by atoms with Crippen LogP contribution < -0.4 is 5.32 Å². The second kappa shape index (κ2) is 8.92. The first kappa shape index (κ1) is 15.0. The number of unbranched alkanes of at least 4 members (excludes halogenated alkanes) is 1. The Bertz CT molecular complexity index is 301. The Morgan fingerprint density at radius 2 is 2.12 bits per heavy atom. The molecule has 98 valence electrons. The van der Waals surface area contributed by atoms with Crippen LogP contribution in [-0.4, -0.2) is 31.6 Å². The minimum absolute atomic E-state index is 0.886. The first-order valence-electron chi connectivity index (χ1n) is 6.36. The smallest absolute Gasteiger partial charge is 0.0931 e. The lowest BCUT2D eigenvalue weighted by atomic mass is 10.3. The summed E-state index contributed by atoms with van der Waals surface area (Å²) < 4.78 is 0.886. The predicted octanol–water partition coefficient (Wildman–Crippen LogP) is 3.61. The van der Waals surface area contributed by atoms with Gasteiger partial charge in [-0.25, -0.2) is 0 Å². The first-order chi connectivity index (χ1) is 8.22. The van der Waals surface area contributed by atoms with Gasteiger partial charge in [0.1, 0.15) is 0 Å². The van der Waals surface area contributed by atoms with E-state index in [0.717, 1.165) is 30.5 Å². The van der Waals surface area contributed by atoms with Crippen LogP contribution in [0.25, 0.3) is 0 Å². The zero-order valence-electron chi connectivity index (χ0n) is 10.8. The van der Waals surface area contributed by atoms with Crippen molar-refractivity contribution in [2.24, 2.45) is 0 Å². The molecule has 0 aliphatic carbocycles. The van der Waals surface area contributed by atoms with Crippen LogP contribution in [0.2, 0.25) is 4.34 Å². The van der Waals surface area contributed by atoms with Gasteiger partial charge in [0.25, 0.3) is 0 Å². The van der Waals surface area contributed by atoms with Crippen molar-refractivity contribution in [3.63, 3.8) is 0 Å². The first-order valence-corrected chi connectivity index (χ1v) is 7.55. The standard InChI is InChI=1S/C13H23ClN2S/c1-3-8-15-9-4-5-10-16(2)11-12-6-7-13(14)17-12/h6-7,15H,3-5,8-11H2,1-2H3. The second-order valence-electron chi connectivity index (χ2n) is 4.40. The molecule has 1 aromatic heterocycles. The average Bonchev–Trinajstić information content (AvgIpc) is 2.69. The topological polar surface area (TPSA) is 15.3 Å². The number of rotatable bonds is 9. The van der Waals surface area contributed by atoms with Gasteiger partial charge in [0, 0.05) is 11.4 Å². The quantitative estimate of drug-likeness (QED) is 0.692. The van der Waals surface area contributed by atoms with E-state index in [-0.39, 0.29) is 0 Å². The molecule has 0 atom stereocenters. The van der Waals surface area contributed by atoms with E-state index >= 15 is 0 Å². The highest BCUT2D eigenvalue weighted by atomic mass is 35.5. The molecule has 0 radical (unpaired) electrons. The van der Waals surface area contributed by atoms with Crippen LogP contribution in [0.3, 0.4) is 0 Å². The summed E-state index contributed by atoms with van der Waals surface area (Å²) in [4.78, 5) is 3.71. The van der Waals surface area contributed by atoms with Crippen LogP contribution in [0.4, 0.5) is 0 Å². The van der Waals surface area contributed by atoms with E-state index in [9.17, 15) is 0 Å². The summed E-state index contributed by atoms with van der Waals surface area (Å²) in [5.41, 5.74) is 0. The molecule has 1 aromatic rings. The van der Waals surface area contributed by atoms with Crippen LogP contribution in [0, 0.1) is 0 Å². The lowest BCUT2D eigenvalue weighted by molar-refractivity contribution is 0.320. The lowest BCUT2D eigenvalue weighted by Crippen LogP contribution is -2.21. The van der Waals surface area contributed by atoms with Crippen molar-refractivity contribution in [1.29, 1.82) is 0 Å². The number of halogens is 1. The molecule has 0 spiro atoms. The highest BCUT2D eigenvalue weighted by molar-refractivity contribution is 7.16. The molecule has 0 aromatic carbocycles. The normalized spacial score (nSPS) is 11.3. The van der Waals surface area contributed by atoms with Crippen molar-refractivity contribution >= 4 is 22.9 Å². The molecule has 0 saturated carbocycles. The van der Waals surface area contributed by atoms with Crippen molar-refractivity contribution < 1.29 is 0 Å².